The van der Waals surface area contributed by atoms with Crippen LogP contribution in [0.2, 0.25) is 0 Å². The summed E-state index contributed by atoms with van der Waals surface area (Å²) in [6.45, 7) is 0. The highest BCUT2D eigenvalue weighted by atomic mass is 16.5. The number of rotatable bonds is 5. The molecule has 158 valence electrons. The van der Waals surface area contributed by atoms with Gasteiger partial charge in [-0.1, -0.05) is 42.5 Å². The van der Waals surface area contributed by atoms with Crippen LogP contribution in [-0.4, -0.2) is 32.3 Å². The highest BCUT2D eigenvalue weighted by Crippen LogP contribution is 2.41. The highest BCUT2D eigenvalue weighted by Gasteiger charge is 2.24. The van der Waals surface area contributed by atoms with Gasteiger partial charge in [0.05, 0.1) is 32.6 Å². The maximum absolute atomic E-state index is 12.4. The summed E-state index contributed by atoms with van der Waals surface area (Å²) in [6, 6.07) is 22.7. The summed E-state index contributed by atoms with van der Waals surface area (Å²) in [6.07, 6.45) is 0. The van der Waals surface area contributed by atoms with Crippen LogP contribution >= 0.6 is 0 Å². The van der Waals surface area contributed by atoms with Gasteiger partial charge in [-0.2, -0.15) is 5.26 Å². The van der Waals surface area contributed by atoms with Crippen LogP contribution in [0.4, 0.5) is 0 Å². The first-order valence-corrected chi connectivity index (χ1v) is 9.85. The number of nitrogens with zero attached hydrogens (tertiary/aromatic N) is 2. The Labute approximate surface area is 186 Å². The monoisotopic (exact) mass is 424 g/mol. The normalized spacial score (nSPS) is 10.4. The van der Waals surface area contributed by atoms with Gasteiger partial charge in [-0.05, 0) is 41.0 Å². The maximum Gasteiger partial charge on any atom is 0.338 e. The van der Waals surface area contributed by atoms with Gasteiger partial charge >= 0.3 is 5.97 Å². The summed E-state index contributed by atoms with van der Waals surface area (Å²) in [5, 5.41) is 9.81. The lowest BCUT2D eigenvalue weighted by atomic mass is 9.98. The Morgan fingerprint density at radius 1 is 0.844 bits per heavy atom. The molecule has 0 aliphatic heterocycles. The van der Waals surface area contributed by atoms with Gasteiger partial charge in [-0.25, -0.2) is 9.78 Å². The largest absolute Gasteiger partial charge is 0.497 e. The highest BCUT2D eigenvalue weighted by molar-refractivity contribution is 6.04. The van der Waals surface area contributed by atoms with E-state index in [9.17, 15) is 10.1 Å². The number of carbonyl (C=O) groups excluding carboxylic acids is 1. The van der Waals surface area contributed by atoms with E-state index in [1.54, 1.807) is 13.2 Å². The number of methoxy groups -OCH3 is 3. The molecular weight excluding hydrogens is 404 g/mol. The van der Waals surface area contributed by atoms with Crippen LogP contribution in [-0.2, 0) is 4.74 Å². The van der Waals surface area contributed by atoms with Gasteiger partial charge in [-0.15, -0.1) is 0 Å². The summed E-state index contributed by atoms with van der Waals surface area (Å²) >= 11 is 0. The van der Waals surface area contributed by atoms with Gasteiger partial charge < -0.3 is 14.2 Å². The van der Waals surface area contributed by atoms with Crippen LogP contribution in [0.3, 0.4) is 0 Å². The quantitative estimate of drug-likeness (QED) is 0.410. The standard InChI is InChI=1S/C26H20N2O4/c1-30-17-11-9-16(10-12-17)20-14-24(28-25(31-2)23(20)15-27)21-13-22(26(29)32-3)19-8-6-4-5-7-18(19)21/h4-14H,1-3H3. The Kier molecular flexibility index (Phi) is 5.73. The molecule has 1 heterocycles. The Balaban J connectivity index is 1.98. The lowest BCUT2D eigenvalue weighted by Gasteiger charge is -2.12. The molecule has 0 saturated carbocycles. The maximum atomic E-state index is 12.4. The molecule has 0 fully saturated rings. The number of pyridine rings is 1. The number of carbonyl (C=O) groups is 1. The van der Waals surface area contributed by atoms with Gasteiger partial charge in [-0.3, -0.25) is 0 Å². The summed E-state index contributed by atoms with van der Waals surface area (Å²) in [5.41, 5.74) is 5.20. The van der Waals surface area contributed by atoms with Crippen molar-refractivity contribution in [3.63, 3.8) is 0 Å². The molecule has 6 nitrogen and oxygen atoms in total. The van der Waals surface area contributed by atoms with E-state index in [0.29, 0.717) is 28.1 Å². The van der Waals surface area contributed by atoms with Crippen LogP contribution in [0.15, 0.2) is 66.7 Å². The number of nitriles is 1. The predicted octanol–water partition coefficient (Wildman–Crippen LogP) is 5.20. The number of benzene rings is 1. The molecule has 2 aliphatic carbocycles. The second-order valence-electron chi connectivity index (χ2n) is 6.98. The van der Waals surface area contributed by atoms with E-state index in [2.05, 4.69) is 11.1 Å². The summed E-state index contributed by atoms with van der Waals surface area (Å²) in [4.78, 5) is 17.0. The van der Waals surface area contributed by atoms with Crippen molar-refractivity contribution in [3.8, 4) is 51.2 Å². The minimum atomic E-state index is -0.427. The third-order valence-corrected chi connectivity index (χ3v) is 5.28. The SMILES string of the molecule is COC(=O)c1cc(-c2cc(-c3ccc(OC)cc3)c(C#N)c(OC)n2)c2cccccc1-2. The van der Waals surface area contributed by atoms with Gasteiger partial charge in [0.2, 0.25) is 5.88 Å². The zero-order chi connectivity index (χ0) is 22.7. The van der Waals surface area contributed by atoms with Crippen molar-refractivity contribution in [2.45, 2.75) is 0 Å². The lowest BCUT2D eigenvalue weighted by molar-refractivity contribution is 0.0602. The number of aromatic nitrogens is 1. The minimum Gasteiger partial charge on any atom is -0.497 e. The van der Waals surface area contributed by atoms with E-state index < -0.39 is 5.97 Å². The summed E-state index contributed by atoms with van der Waals surface area (Å²) < 4.78 is 15.7. The second-order valence-corrected chi connectivity index (χ2v) is 6.98. The summed E-state index contributed by atoms with van der Waals surface area (Å²) in [7, 11) is 4.44. The molecule has 4 rings (SSSR count). The first-order chi connectivity index (χ1) is 15.6. The van der Waals surface area contributed by atoms with E-state index in [4.69, 9.17) is 14.2 Å². The van der Waals surface area contributed by atoms with Crippen molar-refractivity contribution in [3.05, 3.63) is 77.9 Å². The Morgan fingerprint density at radius 3 is 2.19 bits per heavy atom. The summed E-state index contributed by atoms with van der Waals surface area (Å²) in [5.74, 6) is 0.499. The molecule has 2 aliphatic rings. The molecular formula is C26H20N2O4. The van der Waals surface area contributed by atoms with Gasteiger partial charge in [0, 0.05) is 11.1 Å². The predicted molar refractivity (Wildman–Crippen MR) is 121 cm³/mol. The van der Waals surface area contributed by atoms with Crippen molar-refractivity contribution in [1.29, 1.82) is 5.26 Å². The van der Waals surface area contributed by atoms with Crippen LogP contribution in [0.25, 0.3) is 33.5 Å². The smallest absolute Gasteiger partial charge is 0.338 e. The fraction of sp³-hybridized carbons (Fsp3) is 0.115. The Morgan fingerprint density at radius 2 is 1.56 bits per heavy atom. The van der Waals surface area contributed by atoms with Crippen LogP contribution in [0, 0.1) is 11.3 Å². The van der Waals surface area contributed by atoms with Crippen molar-refractivity contribution in [2.24, 2.45) is 0 Å². The zero-order valence-corrected chi connectivity index (χ0v) is 17.9. The molecule has 6 heteroatoms. The molecule has 0 unspecified atom stereocenters. The van der Waals surface area contributed by atoms with Crippen LogP contribution in [0.1, 0.15) is 15.9 Å². The Bertz CT molecular complexity index is 1310. The number of hydrogen-bond donors (Lipinski definition) is 0. The number of hydrogen-bond acceptors (Lipinski definition) is 6. The molecule has 0 N–H and O–H groups in total. The first-order valence-electron chi connectivity index (χ1n) is 9.85. The van der Waals surface area contributed by atoms with Gasteiger partial charge in [0.25, 0.3) is 0 Å². The van der Waals surface area contributed by atoms with E-state index in [1.807, 2.05) is 60.7 Å². The van der Waals surface area contributed by atoms with E-state index in [1.165, 1.54) is 14.2 Å². The van der Waals surface area contributed by atoms with E-state index in [-0.39, 0.29) is 5.88 Å². The van der Waals surface area contributed by atoms with Crippen LogP contribution < -0.4 is 9.47 Å². The van der Waals surface area contributed by atoms with Crippen molar-refractivity contribution in [2.75, 3.05) is 21.3 Å². The Hall–Kier alpha value is -4.37. The fourth-order valence-electron chi connectivity index (χ4n) is 3.72. The molecule has 0 bridgehead atoms. The fourth-order valence-corrected chi connectivity index (χ4v) is 3.72. The molecule has 0 saturated heterocycles. The molecule has 0 atom stereocenters. The average Bonchev–Trinajstić information content (AvgIpc) is 3.03. The second kappa shape index (κ2) is 8.78. The molecule has 2 aromatic rings. The zero-order valence-electron chi connectivity index (χ0n) is 17.9. The molecule has 0 spiro atoms. The number of fused-ring (bicyclic) bond motifs is 1. The molecule has 0 amide bonds. The topological polar surface area (TPSA) is 81.4 Å². The molecule has 32 heavy (non-hydrogen) atoms. The number of ether oxygens (including phenoxy) is 3. The van der Waals surface area contributed by atoms with E-state index >= 15 is 0 Å². The van der Waals surface area contributed by atoms with Crippen molar-refractivity contribution in [1.82, 2.24) is 4.98 Å². The van der Waals surface area contributed by atoms with Gasteiger partial charge in [0.1, 0.15) is 17.4 Å². The van der Waals surface area contributed by atoms with Gasteiger partial charge in [0.15, 0.2) is 0 Å². The lowest BCUT2D eigenvalue weighted by Crippen LogP contribution is -2.00. The van der Waals surface area contributed by atoms with Crippen molar-refractivity contribution >= 4 is 5.97 Å². The molecule has 1 aromatic carbocycles. The molecule has 0 radical (unpaired) electrons. The van der Waals surface area contributed by atoms with Crippen LogP contribution in [0.5, 0.6) is 11.6 Å². The third-order valence-electron chi connectivity index (χ3n) is 5.28. The average molecular weight is 424 g/mol. The number of esters is 1. The first kappa shape index (κ1) is 20.9. The minimum absolute atomic E-state index is 0.213. The molecule has 1 aromatic heterocycles. The van der Waals surface area contributed by atoms with Crippen molar-refractivity contribution < 1.29 is 19.0 Å². The van der Waals surface area contributed by atoms with E-state index in [0.717, 1.165) is 22.3 Å². The third kappa shape index (κ3) is 3.61.